The molecule has 0 saturated carbocycles. The number of anilines is 1. The zero-order chi connectivity index (χ0) is 15.6. The van der Waals surface area contributed by atoms with Crippen LogP contribution in [0.3, 0.4) is 0 Å². The quantitative estimate of drug-likeness (QED) is 0.870. The molecule has 2 rings (SSSR count). The highest BCUT2D eigenvalue weighted by Gasteiger charge is 2.28. The maximum atomic E-state index is 13.1. The van der Waals surface area contributed by atoms with Crippen LogP contribution in [0.15, 0.2) is 12.1 Å². The van der Waals surface area contributed by atoms with Crippen molar-refractivity contribution in [1.29, 1.82) is 0 Å². The van der Waals surface area contributed by atoms with Gasteiger partial charge in [-0.3, -0.25) is 4.72 Å². The van der Waals surface area contributed by atoms with Gasteiger partial charge < -0.3 is 5.11 Å². The summed E-state index contributed by atoms with van der Waals surface area (Å²) in [7, 11) is -3.82. The van der Waals surface area contributed by atoms with Crippen molar-refractivity contribution in [2.75, 3.05) is 24.4 Å². The summed E-state index contributed by atoms with van der Waals surface area (Å²) < 4.78 is 41.2. The second-order valence-electron chi connectivity index (χ2n) is 4.88. The molecule has 1 fully saturated rings. The SMILES string of the molecule is O=S(=O)(Nc1c(Cl)cc(F)cc1Cl)N1CCC(CO)CC1. The Morgan fingerprint density at radius 3 is 2.29 bits per heavy atom. The molecule has 9 heteroatoms. The Kier molecular flexibility index (Phi) is 5.32. The van der Waals surface area contributed by atoms with E-state index in [-0.39, 0.29) is 28.3 Å². The van der Waals surface area contributed by atoms with E-state index in [1.807, 2.05) is 0 Å². The Labute approximate surface area is 132 Å². The normalized spacial score (nSPS) is 17.9. The predicted octanol–water partition coefficient (Wildman–Crippen LogP) is 2.49. The maximum Gasteiger partial charge on any atom is 0.301 e. The van der Waals surface area contributed by atoms with Gasteiger partial charge in [-0.05, 0) is 30.9 Å². The van der Waals surface area contributed by atoms with Crippen LogP contribution in [0.5, 0.6) is 0 Å². The second-order valence-corrected chi connectivity index (χ2v) is 7.36. The van der Waals surface area contributed by atoms with E-state index >= 15 is 0 Å². The van der Waals surface area contributed by atoms with Crippen LogP contribution in [-0.4, -0.2) is 37.5 Å². The summed E-state index contributed by atoms with van der Waals surface area (Å²) in [6.07, 6.45) is 1.17. The van der Waals surface area contributed by atoms with E-state index in [2.05, 4.69) is 4.72 Å². The van der Waals surface area contributed by atoms with E-state index in [1.54, 1.807) is 0 Å². The second kappa shape index (κ2) is 6.66. The topological polar surface area (TPSA) is 69.6 Å². The number of aliphatic hydroxyl groups excluding tert-OH is 1. The Hall–Kier alpha value is -0.600. The smallest absolute Gasteiger partial charge is 0.301 e. The highest BCUT2D eigenvalue weighted by molar-refractivity contribution is 7.90. The Morgan fingerprint density at radius 2 is 1.81 bits per heavy atom. The number of benzene rings is 1. The Morgan fingerprint density at radius 1 is 1.29 bits per heavy atom. The van der Waals surface area contributed by atoms with Gasteiger partial charge in [0.25, 0.3) is 0 Å². The summed E-state index contributed by atoms with van der Waals surface area (Å²) >= 11 is 11.6. The molecule has 1 aromatic carbocycles. The highest BCUT2D eigenvalue weighted by Crippen LogP contribution is 2.33. The monoisotopic (exact) mass is 356 g/mol. The molecule has 0 spiro atoms. The minimum absolute atomic E-state index is 0.0379. The van der Waals surface area contributed by atoms with Gasteiger partial charge in [-0.15, -0.1) is 0 Å². The molecule has 0 bridgehead atoms. The molecule has 1 saturated heterocycles. The number of piperidine rings is 1. The van der Waals surface area contributed by atoms with Gasteiger partial charge in [0.05, 0.1) is 15.7 Å². The van der Waals surface area contributed by atoms with E-state index in [0.29, 0.717) is 25.9 Å². The molecular formula is C12H15Cl2FN2O3S. The lowest BCUT2D eigenvalue weighted by Crippen LogP contribution is -2.42. The first-order chi connectivity index (χ1) is 9.83. The van der Waals surface area contributed by atoms with Crippen molar-refractivity contribution in [2.45, 2.75) is 12.8 Å². The zero-order valence-electron chi connectivity index (χ0n) is 11.0. The number of nitrogens with zero attached hydrogens (tertiary/aromatic N) is 1. The van der Waals surface area contributed by atoms with Gasteiger partial charge in [-0.2, -0.15) is 12.7 Å². The van der Waals surface area contributed by atoms with Crippen molar-refractivity contribution in [3.63, 3.8) is 0 Å². The number of nitrogens with one attached hydrogen (secondary N) is 1. The van der Waals surface area contributed by atoms with Gasteiger partial charge in [-0.25, -0.2) is 4.39 Å². The third-order valence-corrected chi connectivity index (χ3v) is 5.51. The Balaban J connectivity index is 2.15. The van der Waals surface area contributed by atoms with E-state index < -0.39 is 16.0 Å². The van der Waals surface area contributed by atoms with Crippen LogP contribution in [0.4, 0.5) is 10.1 Å². The molecule has 0 radical (unpaired) electrons. The average molecular weight is 357 g/mol. The molecule has 118 valence electrons. The predicted molar refractivity (Wildman–Crippen MR) is 80.3 cm³/mol. The zero-order valence-corrected chi connectivity index (χ0v) is 13.3. The summed E-state index contributed by atoms with van der Waals surface area (Å²) in [6, 6.07) is 1.98. The van der Waals surface area contributed by atoms with Gasteiger partial charge in [-0.1, -0.05) is 23.2 Å². The van der Waals surface area contributed by atoms with E-state index in [4.69, 9.17) is 28.3 Å². The molecule has 1 aliphatic heterocycles. The molecule has 0 aliphatic carbocycles. The fourth-order valence-electron chi connectivity index (χ4n) is 2.17. The lowest BCUT2D eigenvalue weighted by molar-refractivity contribution is 0.170. The molecule has 0 amide bonds. The minimum Gasteiger partial charge on any atom is -0.396 e. The number of halogens is 3. The minimum atomic E-state index is -3.82. The van der Waals surface area contributed by atoms with Crippen molar-refractivity contribution in [2.24, 2.45) is 5.92 Å². The lowest BCUT2D eigenvalue weighted by Gasteiger charge is -2.30. The molecule has 21 heavy (non-hydrogen) atoms. The van der Waals surface area contributed by atoms with Crippen molar-refractivity contribution < 1.29 is 17.9 Å². The summed E-state index contributed by atoms with van der Waals surface area (Å²) in [5, 5.41) is 8.85. The van der Waals surface area contributed by atoms with Crippen molar-refractivity contribution in [3.05, 3.63) is 28.0 Å². The van der Waals surface area contributed by atoms with Crippen molar-refractivity contribution in [1.82, 2.24) is 4.31 Å². The molecule has 0 aromatic heterocycles. The van der Waals surface area contributed by atoms with Crippen LogP contribution in [-0.2, 0) is 10.2 Å². The first kappa shape index (κ1) is 16.8. The number of hydrogen-bond acceptors (Lipinski definition) is 3. The molecule has 5 nitrogen and oxygen atoms in total. The molecule has 1 heterocycles. The van der Waals surface area contributed by atoms with Gasteiger partial charge in [0, 0.05) is 19.7 Å². The van der Waals surface area contributed by atoms with Gasteiger partial charge in [0.15, 0.2) is 0 Å². The van der Waals surface area contributed by atoms with Gasteiger partial charge >= 0.3 is 10.2 Å². The summed E-state index contributed by atoms with van der Waals surface area (Å²) in [5.41, 5.74) is -0.0379. The highest BCUT2D eigenvalue weighted by atomic mass is 35.5. The Bertz CT molecular complexity index is 596. The molecular weight excluding hydrogens is 342 g/mol. The molecule has 0 atom stereocenters. The summed E-state index contributed by atoms with van der Waals surface area (Å²) in [6.45, 7) is 0.658. The van der Waals surface area contributed by atoms with Crippen LogP contribution >= 0.6 is 23.2 Å². The third-order valence-electron chi connectivity index (χ3n) is 3.41. The molecule has 2 N–H and O–H groups in total. The van der Waals surface area contributed by atoms with Crippen LogP contribution in [0.1, 0.15) is 12.8 Å². The first-order valence-corrected chi connectivity index (χ1v) is 8.56. The van der Waals surface area contributed by atoms with Crippen molar-refractivity contribution >= 4 is 39.1 Å². The molecule has 0 unspecified atom stereocenters. The first-order valence-electron chi connectivity index (χ1n) is 6.37. The fraction of sp³-hybridized carbons (Fsp3) is 0.500. The van der Waals surface area contributed by atoms with E-state index in [1.165, 1.54) is 4.31 Å². The van der Waals surface area contributed by atoms with E-state index in [0.717, 1.165) is 12.1 Å². The van der Waals surface area contributed by atoms with Crippen LogP contribution in [0.2, 0.25) is 10.0 Å². The number of rotatable bonds is 4. The molecule has 1 aliphatic rings. The number of hydrogen-bond donors (Lipinski definition) is 2. The van der Waals surface area contributed by atoms with E-state index in [9.17, 15) is 12.8 Å². The average Bonchev–Trinajstić information content (AvgIpc) is 2.43. The van der Waals surface area contributed by atoms with Crippen LogP contribution in [0.25, 0.3) is 0 Å². The fourth-order valence-corrected chi connectivity index (χ4v) is 4.13. The number of aliphatic hydroxyl groups is 1. The summed E-state index contributed by atoms with van der Waals surface area (Å²) in [5.74, 6) is -0.522. The maximum absolute atomic E-state index is 13.1. The van der Waals surface area contributed by atoms with Crippen molar-refractivity contribution in [3.8, 4) is 0 Å². The molecule has 1 aromatic rings. The van der Waals surface area contributed by atoms with Gasteiger partial charge in [0.1, 0.15) is 5.82 Å². The third kappa shape index (κ3) is 3.98. The van der Waals surface area contributed by atoms with Crippen LogP contribution in [0, 0.1) is 11.7 Å². The van der Waals surface area contributed by atoms with Crippen LogP contribution < -0.4 is 4.72 Å². The lowest BCUT2D eigenvalue weighted by atomic mass is 10.00. The van der Waals surface area contributed by atoms with Gasteiger partial charge in [0.2, 0.25) is 0 Å². The standard InChI is InChI=1S/C12H15Cl2FN2O3S/c13-10-5-9(15)6-11(14)12(10)16-21(19,20)17-3-1-8(7-18)2-4-17/h5-6,8,16,18H,1-4,7H2. The summed E-state index contributed by atoms with van der Waals surface area (Å²) in [4.78, 5) is 0. The largest absolute Gasteiger partial charge is 0.396 e.